The van der Waals surface area contributed by atoms with E-state index in [2.05, 4.69) is 10.2 Å². The summed E-state index contributed by atoms with van der Waals surface area (Å²) >= 11 is 0. The first-order chi connectivity index (χ1) is 7.66. The van der Waals surface area contributed by atoms with Crippen LogP contribution in [0.5, 0.6) is 0 Å². The van der Waals surface area contributed by atoms with Crippen molar-refractivity contribution in [3.05, 3.63) is 29.6 Å². The number of Topliss-reactive ketones (excluding diaryl/α,β-unsaturated/α-hetero) is 1. The maximum absolute atomic E-state index is 13.3. The van der Waals surface area contributed by atoms with Crippen molar-refractivity contribution in [2.24, 2.45) is 0 Å². The Morgan fingerprint density at radius 3 is 2.62 bits per heavy atom. The summed E-state index contributed by atoms with van der Waals surface area (Å²) in [6.45, 7) is 4.94. The Labute approximate surface area is 94.3 Å². The molecule has 86 valence electrons. The second-order valence-electron chi connectivity index (χ2n) is 3.99. The van der Waals surface area contributed by atoms with Gasteiger partial charge in [-0.3, -0.25) is 4.79 Å². The van der Waals surface area contributed by atoms with E-state index >= 15 is 0 Å². The number of halogens is 1. The zero-order valence-electron chi connectivity index (χ0n) is 9.29. The Kier molecular flexibility index (Phi) is 3.19. The average Bonchev–Trinajstić information content (AvgIpc) is 2.29. The number of ketones is 1. The van der Waals surface area contributed by atoms with Crippen molar-refractivity contribution >= 4 is 11.5 Å². The van der Waals surface area contributed by atoms with Crippen molar-refractivity contribution in [2.45, 2.75) is 6.92 Å². The van der Waals surface area contributed by atoms with Crippen LogP contribution in [0.15, 0.2) is 18.2 Å². The molecule has 1 aromatic carbocycles. The Morgan fingerprint density at radius 1 is 1.31 bits per heavy atom. The predicted molar refractivity (Wildman–Crippen MR) is 61.5 cm³/mol. The van der Waals surface area contributed by atoms with Crippen LogP contribution in [0.1, 0.15) is 17.3 Å². The summed E-state index contributed by atoms with van der Waals surface area (Å²) < 4.78 is 13.3. The molecule has 0 aromatic heterocycles. The zero-order valence-corrected chi connectivity index (χ0v) is 9.29. The van der Waals surface area contributed by atoms with Gasteiger partial charge in [0, 0.05) is 37.4 Å². The fourth-order valence-electron chi connectivity index (χ4n) is 1.88. The third kappa shape index (κ3) is 2.39. The Hall–Kier alpha value is -1.42. The lowest BCUT2D eigenvalue weighted by Gasteiger charge is -2.29. The van der Waals surface area contributed by atoms with Crippen LogP contribution in [0.4, 0.5) is 10.1 Å². The summed E-state index contributed by atoms with van der Waals surface area (Å²) in [5, 5.41) is 3.23. The molecule has 1 N–H and O–H groups in total. The molecular formula is C12H15FN2O. The molecule has 0 radical (unpaired) electrons. The highest BCUT2D eigenvalue weighted by molar-refractivity contribution is 5.95. The highest BCUT2D eigenvalue weighted by atomic mass is 19.1. The van der Waals surface area contributed by atoms with E-state index in [0.717, 1.165) is 31.9 Å². The molecule has 0 bridgehead atoms. The summed E-state index contributed by atoms with van der Waals surface area (Å²) in [6.07, 6.45) is 0. The molecule has 0 spiro atoms. The number of benzene rings is 1. The van der Waals surface area contributed by atoms with Crippen molar-refractivity contribution < 1.29 is 9.18 Å². The summed E-state index contributed by atoms with van der Waals surface area (Å²) in [7, 11) is 0. The van der Waals surface area contributed by atoms with Crippen LogP contribution < -0.4 is 10.2 Å². The Balaban J connectivity index is 2.28. The van der Waals surface area contributed by atoms with Gasteiger partial charge in [-0.15, -0.1) is 0 Å². The van der Waals surface area contributed by atoms with Crippen LogP contribution in [0.25, 0.3) is 0 Å². The number of rotatable bonds is 2. The molecule has 1 aromatic rings. The molecule has 0 saturated carbocycles. The van der Waals surface area contributed by atoms with Crippen molar-refractivity contribution in [1.82, 2.24) is 5.32 Å². The number of nitrogens with zero attached hydrogens (tertiary/aromatic N) is 1. The number of hydrogen-bond donors (Lipinski definition) is 1. The van der Waals surface area contributed by atoms with E-state index in [-0.39, 0.29) is 11.6 Å². The molecule has 1 saturated heterocycles. The third-order valence-electron chi connectivity index (χ3n) is 2.77. The first-order valence-corrected chi connectivity index (χ1v) is 5.44. The molecular weight excluding hydrogens is 207 g/mol. The van der Waals surface area contributed by atoms with E-state index in [4.69, 9.17) is 0 Å². The summed E-state index contributed by atoms with van der Waals surface area (Å²) in [6, 6.07) is 4.53. The zero-order chi connectivity index (χ0) is 11.5. The van der Waals surface area contributed by atoms with Gasteiger partial charge in [0.2, 0.25) is 0 Å². The fraction of sp³-hybridized carbons (Fsp3) is 0.417. The number of hydrogen-bond acceptors (Lipinski definition) is 3. The first-order valence-electron chi connectivity index (χ1n) is 5.44. The van der Waals surface area contributed by atoms with Gasteiger partial charge in [0.05, 0.1) is 0 Å². The normalized spacial score (nSPS) is 16.2. The highest BCUT2D eigenvalue weighted by Crippen LogP contribution is 2.19. The minimum Gasteiger partial charge on any atom is -0.369 e. The van der Waals surface area contributed by atoms with E-state index in [1.807, 2.05) is 0 Å². The van der Waals surface area contributed by atoms with E-state index < -0.39 is 0 Å². The molecule has 1 aliphatic heterocycles. The molecule has 4 heteroatoms. The Morgan fingerprint density at radius 2 is 2.00 bits per heavy atom. The van der Waals surface area contributed by atoms with Crippen molar-refractivity contribution in [1.29, 1.82) is 0 Å². The number of carbonyl (C=O) groups excluding carboxylic acids is 1. The summed E-state index contributed by atoms with van der Waals surface area (Å²) in [5.74, 6) is -0.447. The van der Waals surface area contributed by atoms with Gasteiger partial charge in [-0.1, -0.05) is 0 Å². The van der Waals surface area contributed by atoms with Gasteiger partial charge >= 0.3 is 0 Å². The summed E-state index contributed by atoms with van der Waals surface area (Å²) in [4.78, 5) is 13.3. The van der Waals surface area contributed by atoms with Crippen molar-refractivity contribution in [2.75, 3.05) is 31.1 Å². The molecule has 0 amide bonds. The SMILES string of the molecule is CC(=O)c1cc(F)cc(N2CCNCC2)c1. The van der Waals surface area contributed by atoms with Crippen LogP contribution in [0.3, 0.4) is 0 Å². The lowest BCUT2D eigenvalue weighted by molar-refractivity contribution is 0.101. The van der Waals surface area contributed by atoms with E-state index in [1.54, 1.807) is 6.07 Å². The molecule has 1 aliphatic rings. The lowest BCUT2D eigenvalue weighted by Crippen LogP contribution is -2.43. The standard InChI is InChI=1S/C12H15FN2O/c1-9(16)10-6-11(13)8-12(7-10)15-4-2-14-3-5-15/h6-8,14H,2-5H2,1H3. The second-order valence-corrected chi connectivity index (χ2v) is 3.99. The number of anilines is 1. The first kappa shape index (κ1) is 11.1. The molecule has 0 unspecified atom stereocenters. The minimum atomic E-state index is -0.346. The largest absolute Gasteiger partial charge is 0.369 e. The molecule has 0 atom stereocenters. The fourth-order valence-corrected chi connectivity index (χ4v) is 1.88. The maximum Gasteiger partial charge on any atom is 0.159 e. The maximum atomic E-state index is 13.3. The van der Waals surface area contributed by atoms with Gasteiger partial charge in [0.25, 0.3) is 0 Å². The molecule has 3 nitrogen and oxygen atoms in total. The monoisotopic (exact) mass is 222 g/mol. The molecule has 16 heavy (non-hydrogen) atoms. The van der Waals surface area contributed by atoms with Gasteiger partial charge in [-0.2, -0.15) is 0 Å². The van der Waals surface area contributed by atoms with Crippen LogP contribution in [-0.2, 0) is 0 Å². The van der Waals surface area contributed by atoms with E-state index in [9.17, 15) is 9.18 Å². The number of carbonyl (C=O) groups is 1. The van der Waals surface area contributed by atoms with Gasteiger partial charge in [-0.05, 0) is 25.1 Å². The van der Waals surface area contributed by atoms with Gasteiger partial charge < -0.3 is 10.2 Å². The van der Waals surface area contributed by atoms with Crippen LogP contribution in [-0.4, -0.2) is 32.0 Å². The number of piperazine rings is 1. The van der Waals surface area contributed by atoms with Crippen LogP contribution in [0.2, 0.25) is 0 Å². The Bertz CT molecular complexity index is 400. The van der Waals surface area contributed by atoms with Gasteiger partial charge in [0.15, 0.2) is 5.78 Å². The topological polar surface area (TPSA) is 32.3 Å². The third-order valence-corrected chi connectivity index (χ3v) is 2.77. The second kappa shape index (κ2) is 4.61. The van der Waals surface area contributed by atoms with Crippen molar-refractivity contribution in [3.8, 4) is 0 Å². The molecule has 1 heterocycles. The van der Waals surface area contributed by atoms with Gasteiger partial charge in [-0.25, -0.2) is 4.39 Å². The smallest absolute Gasteiger partial charge is 0.159 e. The quantitative estimate of drug-likeness (QED) is 0.768. The van der Waals surface area contributed by atoms with Gasteiger partial charge in [0.1, 0.15) is 5.82 Å². The minimum absolute atomic E-state index is 0.101. The van der Waals surface area contributed by atoms with Crippen LogP contribution in [0, 0.1) is 5.82 Å². The van der Waals surface area contributed by atoms with E-state index in [1.165, 1.54) is 19.1 Å². The van der Waals surface area contributed by atoms with E-state index in [0.29, 0.717) is 5.56 Å². The molecule has 2 rings (SSSR count). The predicted octanol–water partition coefficient (Wildman–Crippen LogP) is 1.44. The molecule has 1 fully saturated rings. The summed E-state index contributed by atoms with van der Waals surface area (Å²) in [5.41, 5.74) is 1.24. The average molecular weight is 222 g/mol. The van der Waals surface area contributed by atoms with Crippen LogP contribution >= 0.6 is 0 Å². The molecule has 0 aliphatic carbocycles. The highest BCUT2D eigenvalue weighted by Gasteiger charge is 2.13. The van der Waals surface area contributed by atoms with Crippen molar-refractivity contribution in [3.63, 3.8) is 0 Å². The number of nitrogens with one attached hydrogen (secondary N) is 1. The lowest BCUT2D eigenvalue weighted by atomic mass is 10.1.